The molecule has 6 aliphatic carbocycles. The number of benzene rings is 1. The molecule has 1 heterocycles. The van der Waals surface area contributed by atoms with Gasteiger partial charge in [-0.15, -0.1) is 11.8 Å². The van der Waals surface area contributed by atoms with Crippen molar-refractivity contribution in [3.8, 4) is 17.6 Å². The van der Waals surface area contributed by atoms with Crippen molar-refractivity contribution in [2.45, 2.75) is 148 Å². The zero-order valence-corrected chi connectivity index (χ0v) is 47.7. The van der Waals surface area contributed by atoms with E-state index in [2.05, 4.69) is 47.0 Å². The molecule has 4 amide bonds. The number of nitrogens with one attached hydrogen (secondary N) is 4. The fraction of sp³-hybridized carbons (Fsp3) is 0.705. The molecule has 7 aliphatic rings. The minimum atomic E-state index is -1.32. The smallest absolute Gasteiger partial charge is 0.407 e. The molecular formula is C61H86N4O15. The Morgan fingerprint density at radius 1 is 0.838 bits per heavy atom. The second kappa shape index (κ2) is 27.7. The Balaban J connectivity index is 0.682. The molecule has 5 N–H and O–H groups in total. The molecule has 19 heteroatoms. The highest BCUT2D eigenvalue weighted by atomic mass is 16.7. The maximum atomic E-state index is 14.7. The summed E-state index contributed by atoms with van der Waals surface area (Å²) in [6.45, 7) is 14.4. The molecule has 1 saturated heterocycles. The molecule has 1 aromatic rings. The van der Waals surface area contributed by atoms with Crippen LogP contribution in [0.4, 0.5) is 10.5 Å². The van der Waals surface area contributed by atoms with E-state index in [9.17, 15) is 33.9 Å². The van der Waals surface area contributed by atoms with Gasteiger partial charge in [0.1, 0.15) is 24.4 Å². The molecule has 1 aromatic carbocycles. The SMILES string of the molecule is CCCC1O[C@@H]2C[C@H]3[C@@H]4CCC5=CC(=O)C=C[C@]5(C)[C@H]4[C@@H](O)C[C@]3(C)[C@]2(C(=O)COc2ccc(NC(=O)[C@H](C)NC(=O)[C@@H](NC(=O)CCOCCOCCOCCOCCNC(=O)OCC3C4CCC#CCCC43)C(C)C)cc2)O1. The van der Waals surface area contributed by atoms with Crippen LogP contribution < -0.4 is 26.0 Å². The monoisotopic (exact) mass is 1110 g/mol. The fourth-order valence-corrected chi connectivity index (χ4v) is 14.0. The van der Waals surface area contributed by atoms with Crippen molar-refractivity contribution in [3.63, 3.8) is 0 Å². The van der Waals surface area contributed by atoms with E-state index in [-0.39, 0.29) is 67.4 Å². The summed E-state index contributed by atoms with van der Waals surface area (Å²) >= 11 is 0. The van der Waals surface area contributed by atoms with E-state index in [1.807, 2.05) is 13.0 Å². The van der Waals surface area contributed by atoms with Gasteiger partial charge < -0.3 is 64.3 Å². The second-order valence-electron chi connectivity index (χ2n) is 23.5. The van der Waals surface area contributed by atoms with Gasteiger partial charge in [-0.3, -0.25) is 24.0 Å². The summed E-state index contributed by atoms with van der Waals surface area (Å²) in [4.78, 5) is 78.6. The van der Waals surface area contributed by atoms with Crippen LogP contribution in [0.2, 0.25) is 0 Å². The lowest BCUT2D eigenvalue weighted by molar-refractivity contribution is -0.200. The highest BCUT2D eigenvalue weighted by Gasteiger charge is 2.76. The van der Waals surface area contributed by atoms with Gasteiger partial charge in [-0.2, -0.15) is 0 Å². The van der Waals surface area contributed by atoms with Gasteiger partial charge in [-0.1, -0.05) is 52.7 Å². The summed E-state index contributed by atoms with van der Waals surface area (Å²) in [7, 11) is 0. The van der Waals surface area contributed by atoms with Crippen molar-refractivity contribution in [3.05, 3.63) is 48.1 Å². The van der Waals surface area contributed by atoms with Crippen LogP contribution in [0, 0.1) is 64.1 Å². The van der Waals surface area contributed by atoms with Gasteiger partial charge in [-0.05, 0) is 124 Å². The normalized spacial score (nSPS) is 31.4. The zero-order chi connectivity index (χ0) is 57.0. The quantitative estimate of drug-likeness (QED) is 0.0456. The lowest BCUT2D eigenvalue weighted by atomic mass is 9.46. The van der Waals surface area contributed by atoms with Gasteiger partial charge in [0, 0.05) is 48.2 Å². The highest BCUT2D eigenvalue weighted by Crippen LogP contribution is 2.70. The molecular weight excluding hydrogens is 1030 g/mol. The summed E-state index contributed by atoms with van der Waals surface area (Å²) < 4.78 is 47.0. The predicted molar refractivity (Wildman–Crippen MR) is 295 cm³/mol. The first kappa shape index (κ1) is 60.9. The van der Waals surface area contributed by atoms with Crippen molar-refractivity contribution < 1.29 is 71.8 Å². The van der Waals surface area contributed by atoms with E-state index < -0.39 is 64.9 Å². The van der Waals surface area contributed by atoms with Crippen molar-refractivity contribution in [1.29, 1.82) is 0 Å². The van der Waals surface area contributed by atoms with Crippen LogP contribution in [0.15, 0.2) is 48.1 Å². The van der Waals surface area contributed by atoms with Crippen molar-refractivity contribution in [2.24, 2.45) is 52.3 Å². The van der Waals surface area contributed by atoms with E-state index in [0.29, 0.717) is 101 Å². The molecule has 4 saturated carbocycles. The molecule has 8 rings (SSSR count). The number of carbonyl (C=O) groups is 6. The second-order valence-corrected chi connectivity index (χ2v) is 23.5. The lowest BCUT2D eigenvalue weighted by Gasteiger charge is -2.59. The van der Waals surface area contributed by atoms with Gasteiger partial charge >= 0.3 is 6.09 Å². The third-order valence-corrected chi connectivity index (χ3v) is 18.1. The number of carbonyl (C=O) groups excluding carboxylic acids is 6. The Morgan fingerprint density at radius 3 is 2.16 bits per heavy atom. The zero-order valence-electron chi connectivity index (χ0n) is 47.7. The number of ether oxygens (including phenoxy) is 8. The van der Waals surface area contributed by atoms with Crippen LogP contribution in [0.5, 0.6) is 5.75 Å². The van der Waals surface area contributed by atoms with Crippen LogP contribution in [0.25, 0.3) is 0 Å². The maximum Gasteiger partial charge on any atom is 0.407 e. The van der Waals surface area contributed by atoms with E-state index in [1.165, 1.54) is 0 Å². The number of rotatable bonds is 29. The van der Waals surface area contributed by atoms with E-state index in [0.717, 1.165) is 50.5 Å². The number of ketones is 2. The molecule has 3 unspecified atom stereocenters. The summed E-state index contributed by atoms with van der Waals surface area (Å²) in [6.07, 6.45) is 11.2. The Kier molecular flexibility index (Phi) is 21.1. The Morgan fingerprint density at radius 2 is 1.50 bits per heavy atom. The van der Waals surface area contributed by atoms with E-state index >= 15 is 0 Å². The topological polar surface area (TPSA) is 245 Å². The van der Waals surface area contributed by atoms with Crippen molar-refractivity contribution >= 4 is 41.1 Å². The number of aliphatic hydroxyl groups excluding tert-OH is 1. The summed E-state index contributed by atoms with van der Waals surface area (Å²) in [5.74, 6) is 6.64. The minimum absolute atomic E-state index is 0.0191. The van der Waals surface area contributed by atoms with Crippen LogP contribution in [0.1, 0.15) is 112 Å². The van der Waals surface area contributed by atoms with Crippen LogP contribution in [0.3, 0.4) is 0 Å². The number of aliphatic hydroxyl groups is 1. The average molecular weight is 1120 g/mol. The largest absolute Gasteiger partial charge is 0.486 e. The Hall–Kier alpha value is -5.20. The molecule has 0 bridgehead atoms. The van der Waals surface area contributed by atoms with Crippen LogP contribution in [-0.2, 0) is 57.1 Å². The summed E-state index contributed by atoms with van der Waals surface area (Å²) in [6, 6.07) is 4.74. The van der Waals surface area contributed by atoms with Crippen LogP contribution in [-0.4, -0.2) is 149 Å². The van der Waals surface area contributed by atoms with Gasteiger partial charge in [0.05, 0.1) is 71.7 Å². The number of hydrogen-bond acceptors (Lipinski definition) is 15. The molecule has 13 atom stereocenters. The molecule has 5 fully saturated rings. The number of fused-ring (bicyclic) bond motifs is 8. The first-order valence-corrected chi connectivity index (χ1v) is 29.3. The van der Waals surface area contributed by atoms with Gasteiger partial charge in [-0.25, -0.2) is 4.79 Å². The van der Waals surface area contributed by atoms with E-state index in [4.69, 9.17) is 37.9 Å². The number of alkyl carbamates (subject to hydrolysis) is 1. The van der Waals surface area contributed by atoms with Gasteiger partial charge in [0.25, 0.3) is 0 Å². The molecule has 80 heavy (non-hydrogen) atoms. The highest BCUT2D eigenvalue weighted by molar-refractivity contribution is 6.01. The predicted octanol–water partition coefficient (Wildman–Crippen LogP) is 6.01. The summed E-state index contributed by atoms with van der Waals surface area (Å²) in [5.41, 5.74) is -0.998. The summed E-state index contributed by atoms with van der Waals surface area (Å²) in [5, 5.41) is 23.1. The number of amides is 4. The average Bonchev–Trinajstić information content (AvgIpc) is 3.28. The van der Waals surface area contributed by atoms with E-state index in [1.54, 1.807) is 57.2 Å². The van der Waals surface area contributed by atoms with Crippen LogP contribution >= 0.6 is 0 Å². The number of anilines is 1. The van der Waals surface area contributed by atoms with Gasteiger partial charge in [0.15, 0.2) is 17.7 Å². The number of allylic oxidation sites excluding steroid dienone is 4. The van der Waals surface area contributed by atoms with Gasteiger partial charge in [0.2, 0.25) is 23.5 Å². The third-order valence-electron chi connectivity index (χ3n) is 18.1. The first-order chi connectivity index (χ1) is 38.5. The lowest BCUT2D eigenvalue weighted by Crippen LogP contribution is -2.63. The number of Topliss-reactive ketones (excluding diaryl/α,β-unsaturated/α-hetero) is 1. The standard InChI is InChI=1S/C61H86N4O15/c1-7-12-53-79-51-34-48-46-20-15-40-33-42(66)21-23-59(40,5)54(46)49(67)35-60(48,6)61(51,80-53)50(68)37-77-43-18-16-41(17-19-43)64-56(70)39(4)63-57(71)55(38(2)3)65-52(69)22-25-73-27-29-75-31-32-76-30-28-74-26-24-62-58(72)78-36-47-44-13-10-8-9-11-14-45(44)47/h16-19,21,23,33,38-39,44-49,51,53-55,67H,7,10-15,20,22,24-32,34-37H2,1-6H3,(H,62,72)(H,63,71)(H,64,70)(H,65,69)/t39-,44?,45?,46-,47?,48-,49-,51+,53?,54+,55-,59-,60-,61+/m0/s1. The van der Waals surface area contributed by atoms with Crippen molar-refractivity contribution in [2.75, 3.05) is 77.9 Å². The maximum absolute atomic E-state index is 14.7. The first-order valence-electron chi connectivity index (χ1n) is 29.3. The molecule has 1 aliphatic heterocycles. The number of hydrogen-bond donors (Lipinski definition) is 5. The van der Waals surface area contributed by atoms with Crippen molar-refractivity contribution in [1.82, 2.24) is 16.0 Å². The molecule has 19 nitrogen and oxygen atoms in total. The molecule has 0 radical (unpaired) electrons. The molecule has 0 spiro atoms. The molecule has 440 valence electrons. The molecule has 0 aromatic heterocycles. The third kappa shape index (κ3) is 14.2. The Bertz CT molecular complexity index is 2460. The fourth-order valence-electron chi connectivity index (χ4n) is 14.0. The minimum Gasteiger partial charge on any atom is -0.486 e. The Labute approximate surface area is 471 Å².